The Morgan fingerprint density at radius 1 is 1.28 bits per heavy atom. The average molecular weight is 409 g/mol. The number of piperidine rings is 1. The van der Waals surface area contributed by atoms with Gasteiger partial charge in [0.2, 0.25) is 6.29 Å². The summed E-state index contributed by atoms with van der Waals surface area (Å²) in [4.78, 5) is 51.3. The number of aliphatic hydroxyl groups excluding tert-OH is 1. The van der Waals surface area contributed by atoms with Gasteiger partial charge >= 0.3 is 17.9 Å². The van der Waals surface area contributed by atoms with Gasteiger partial charge in [0.15, 0.2) is 6.54 Å². The van der Waals surface area contributed by atoms with Gasteiger partial charge in [0.25, 0.3) is 5.91 Å². The monoisotopic (exact) mass is 409 g/mol. The van der Waals surface area contributed by atoms with Crippen LogP contribution >= 0.6 is 0 Å². The molecule has 3 aliphatic heterocycles. The fourth-order valence-electron chi connectivity index (χ4n) is 4.22. The Bertz CT molecular complexity index is 717. The third-order valence-corrected chi connectivity index (χ3v) is 5.78. The Hall–Kier alpha value is -2.30. The number of nitrogens with one attached hydrogen (secondary N) is 1. The van der Waals surface area contributed by atoms with Crippen LogP contribution in [0.4, 0.5) is 4.79 Å². The zero-order chi connectivity index (χ0) is 21.0. The van der Waals surface area contributed by atoms with E-state index in [2.05, 4.69) is 15.0 Å². The van der Waals surface area contributed by atoms with Crippen LogP contribution in [0.5, 0.6) is 0 Å². The number of carbonyl (C=O) groups excluding carboxylic acids is 4. The second-order valence-electron chi connectivity index (χ2n) is 8.01. The lowest BCUT2D eigenvalue weighted by atomic mass is 10.1. The number of amides is 4. The molecule has 10 nitrogen and oxygen atoms in total. The predicted molar refractivity (Wildman–Crippen MR) is 101 cm³/mol. The van der Waals surface area contributed by atoms with Gasteiger partial charge in [-0.3, -0.25) is 14.5 Å². The minimum atomic E-state index is -1.44. The normalized spacial score (nSPS) is 31.0. The van der Waals surface area contributed by atoms with E-state index in [-0.39, 0.29) is 19.4 Å². The van der Waals surface area contributed by atoms with Crippen molar-refractivity contribution in [2.75, 3.05) is 32.7 Å². The SMILES string of the molecule is NC(=O)[N@@+]1(CC(=O)NC2CC(=O)OC2O)CC(CN2CCCCC2)=CCCC1=O. The van der Waals surface area contributed by atoms with Crippen molar-refractivity contribution in [3.8, 4) is 0 Å². The van der Waals surface area contributed by atoms with E-state index in [0.717, 1.165) is 31.5 Å². The van der Waals surface area contributed by atoms with Crippen LogP contribution in [0.15, 0.2) is 11.6 Å². The molecular formula is C19H29N4O6+. The number of esters is 1. The first-order chi connectivity index (χ1) is 13.8. The van der Waals surface area contributed by atoms with Gasteiger partial charge in [0.05, 0.1) is 12.8 Å². The second kappa shape index (κ2) is 9.02. The Kier molecular flexibility index (Phi) is 6.66. The maximum atomic E-state index is 12.8. The van der Waals surface area contributed by atoms with E-state index in [9.17, 15) is 24.3 Å². The first-order valence-electron chi connectivity index (χ1n) is 10.1. The number of ether oxygens (including phenoxy) is 1. The highest BCUT2D eigenvalue weighted by Crippen LogP contribution is 2.22. The molecule has 3 atom stereocenters. The molecule has 0 radical (unpaired) electrons. The lowest BCUT2D eigenvalue weighted by molar-refractivity contribution is -0.759. The Morgan fingerprint density at radius 2 is 2.00 bits per heavy atom. The Morgan fingerprint density at radius 3 is 2.62 bits per heavy atom. The second-order valence-corrected chi connectivity index (χ2v) is 8.01. The van der Waals surface area contributed by atoms with Gasteiger partial charge in [-0.1, -0.05) is 12.5 Å². The topological polar surface area (TPSA) is 139 Å². The number of allylic oxidation sites excluding steroid dienone is 1. The third kappa shape index (κ3) is 5.01. The van der Waals surface area contributed by atoms with Crippen molar-refractivity contribution in [3.05, 3.63) is 11.6 Å². The molecule has 160 valence electrons. The summed E-state index contributed by atoms with van der Waals surface area (Å²) in [6.07, 6.45) is 4.42. The lowest BCUT2D eigenvalue weighted by Crippen LogP contribution is -2.64. The molecule has 2 saturated heterocycles. The van der Waals surface area contributed by atoms with Crippen LogP contribution in [0, 0.1) is 0 Å². The number of rotatable bonds is 5. The van der Waals surface area contributed by atoms with Crippen LogP contribution in [0.2, 0.25) is 0 Å². The predicted octanol–water partition coefficient (Wildman–Crippen LogP) is -0.635. The highest BCUT2D eigenvalue weighted by molar-refractivity contribution is 5.89. The summed E-state index contributed by atoms with van der Waals surface area (Å²) in [6, 6.07) is -1.79. The number of nitrogens with two attached hydrogens (primary N) is 1. The van der Waals surface area contributed by atoms with Crippen LogP contribution in [-0.4, -0.2) is 83.4 Å². The first kappa shape index (κ1) is 21.4. The molecule has 2 fully saturated rings. The van der Waals surface area contributed by atoms with Crippen LogP contribution in [-0.2, 0) is 19.1 Å². The number of cyclic esters (lactones) is 1. The van der Waals surface area contributed by atoms with Crippen molar-refractivity contribution in [1.82, 2.24) is 10.2 Å². The fraction of sp³-hybridized carbons (Fsp3) is 0.684. The van der Waals surface area contributed by atoms with E-state index in [0.29, 0.717) is 13.0 Å². The lowest BCUT2D eigenvalue weighted by Gasteiger charge is -2.33. The molecule has 3 rings (SSSR count). The maximum Gasteiger partial charge on any atom is 0.422 e. The molecule has 0 spiro atoms. The molecule has 10 heteroatoms. The van der Waals surface area contributed by atoms with Gasteiger partial charge in [-0.2, -0.15) is 4.48 Å². The number of quaternary nitrogens is 1. The summed E-state index contributed by atoms with van der Waals surface area (Å²) in [6.45, 7) is 2.17. The summed E-state index contributed by atoms with van der Waals surface area (Å²) < 4.78 is 3.82. The summed E-state index contributed by atoms with van der Waals surface area (Å²) >= 11 is 0. The number of primary amides is 1. The van der Waals surface area contributed by atoms with Crippen molar-refractivity contribution in [2.24, 2.45) is 5.73 Å². The van der Waals surface area contributed by atoms with Crippen molar-refractivity contribution in [2.45, 2.75) is 50.9 Å². The van der Waals surface area contributed by atoms with E-state index in [1.165, 1.54) is 6.42 Å². The van der Waals surface area contributed by atoms with E-state index < -0.39 is 47.2 Å². The Balaban J connectivity index is 1.72. The zero-order valence-electron chi connectivity index (χ0n) is 16.5. The van der Waals surface area contributed by atoms with Crippen LogP contribution in [0.1, 0.15) is 38.5 Å². The highest BCUT2D eigenvalue weighted by Gasteiger charge is 2.47. The third-order valence-electron chi connectivity index (χ3n) is 5.78. The quantitative estimate of drug-likeness (QED) is 0.312. The van der Waals surface area contributed by atoms with Gasteiger partial charge < -0.3 is 20.9 Å². The van der Waals surface area contributed by atoms with Gasteiger partial charge in [-0.15, -0.1) is 0 Å². The molecule has 0 saturated carbocycles. The number of nitrogens with zero attached hydrogens (tertiary/aromatic N) is 2. The number of urea groups is 1. The first-order valence-corrected chi connectivity index (χ1v) is 10.1. The number of likely N-dealkylation sites (tertiary alicyclic amines) is 1. The van der Waals surface area contributed by atoms with E-state index >= 15 is 0 Å². The van der Waals surface area contributed by atoms with Crippen molar-refractivity contribution in [3.63, 3.8) is 0 Å². The molecule has 4 amide bonds. The molecule has 0 aliphatic carbocycles. The molecule has 3 aliphatic rings. The summed E-state index contributed by atoms with van der Waals surface area (Å²) in [5.74, 6) is -1.67. The van der Waals surface area contributed by atoms with Crippen LogP contribution in [0.25, 0.3) is 0 Å². The summed E-state index contributed by atoms with van der Waals surface area (Å²) in [5.41, 5.74) is 6.55. The molecule has 2 unspecified atom stereocenters. The van der Waals surface area contributed by atoms with E-state index in [1.54, 1.807) is 0 Å². The van der Waals surface area contributed by atoms with Gasteiger partial charge in [-0.05, 0) is 37.9 Å². The standard InChI is InChI=1S/C19H28N4O6/c20-19(28)23(12-15(24)21-14-9-17(26)29-18(14)27)11-13(5-4-6-16(23)25)10-22-7-2-1-3-8-22/h5,14,18,27H,1-4,6-12H2,(H2-,20,21,24,28)/p+1/t14?,18?,23-/m1/s1. The van der Waals surface area contributed by atoms with Crippen LogP contribution in [0.3, 0.4) is 0 Å². The highest BCUT2D eigenvalue weighted by atomic mass is 16.6. The minimum absolute atomic E-state index is 0.0563. The van der Waals surface area contributed by atoms with Crippen molar-refractivity contribution < 1.29 is 33.5 Å². The summed E-state index contributed by atoms with van der Waals surface area (Å²) in [5, 5.41) is 12.2. The van der Waals surface area contributed by atoms with E-state index in [1.807, 2.05) is 6.08 Å². The molecule has 0 aromatic heterocycles. The molecular weight excluding hydrogens is 380 g/mol. The number of aliphatic hydroxyl groups is 1. The molecule has 0 aromatic rings. The fourth-order valence-corrected chi connectivity index (χ4v) is 4.22. The summed E-state index contributed by atoms with van der Waals surface area (Å²) in [7, 11) is 0. The van der Waals surface area contributed by atoms with Crippen molar-refractivity contribution >= 4 is 23.8 Å². The van der Waals surface area contributed by atoms with Gasteiger partial charge in [0, 0.05) is 6.54 Å². The number of hydrogen-bond donors (Lipinski definition) is 3. The molecule has 3 heterocycles. The van der Waals surface area contributed by atoms with E-state index in [4.69, 9.17) is 5.73 Å². The molecule has 29 heavy (non-hydrogen) atoms. The number of hydrogen-bond acceptors (Lipinski definition) is 7. The zero-order valence-corrected chi connectivity index (χ0v) is 16.5. The number of imide groups is 1. The van der Waals surface area contributed by atoms with Gasteiger partial charge in [0.1, 0.15) is 12.6 Å². The molecule has 0 aromatic carbocycles. The number of carbonyl (C=O) groups is 4. The molecule has 4 N–H and O–H groups in total. The minimum Gasteiger partial charge on any atom is -0.434 e. The average Bonchev–Trinajstić information content (AvgIpc) is 2.88. The van der Waals surface area contributed by atoms with Crippen LogP contribution < -0.4 is 11.1 Å². The van der Waals surface area contributed by atoms with Crippen molar-refractivity contribution in [1.29, 1.82) is 0 Å². The largest absolute Gasteiger partial charge is 0.434 e. The smallest absolute Gasteiger partial charge is 0.422 e. The van der Waals surface area contributed by atoms with Gasteiger partial charge in [-0.25, -0.2) is 9.59 Å². The maximum absolute atomic E-state index is 12.8. The molecule has 0 bridgehead atoms. The Labute approximate surface area is 169 Å².